The molecule has 1 aliphatic carbocycles. The first-order valence-corrected chi connectivity index (χ1v) is 5.50. The Morgan fingerprint density at radius 2 is 2.25 bits per heavy atom. The summed E-state index contributed by atoms with van der Waals surface area (Å²) in [6.45, 7) is 0.580. The minimum atomic E-state index is -0.328. The van der Waals surface area contributed by atoms with Gasteiger partial charge in [0.25, 0.3) is 11.8 Å². The largest absolute Gasteiger partial charge is 0.322 e. The van der Waals surface area contributed by atoms with Crippen LogP contribution in [0.25, 0.3) is 0 Å². The second kappa shape index (κ2) is 3.40. The maximum atomic E-state index is 11.6. The number of hydrogen-bond acceptors (Lipinski definition) is 2. The molecule has 0 bridgehead atoms. The molecule has 2 unspecified atom stereocenters. The van der Waals surface area contributed by atoms with Crippen LogP contribution in [0.2, 0.25) is 0 Å². The summed E-state index contributed by atoms with van der Waals surface area (Å²) in [5.41, 5.74) is 1.26. The van der Waals surface area contributed by atoms with E-state index in [9.17, 15) is 9.59 Å². The molecule has 2 heterocycles. The van der Waals surface area contributed by atoms with Crippen molar-refractivity contribution in [1.29, 1.82) is 0 Å². The topological polar surface area (TPSA) is 49.7 Å². The third kappa shape index (κ3) is 1.33. The van der Waals surface area contributed by atoms with Gasteiger partial charge in [-0.1, -0.05) is 18.2 Å². The Hall–Kier alpha value is -1.71. The van der Waals surface area contributed by atoms with Crippen molar-refractivity contribution < 1.29 is 9.59 Å². The van der Waals surface area contributed by atoms with Gasteiger partial charge in [-0.05, 0) is 24.3 Å². The number of aliphatic imine (C=N–C) groups is 1. The van der Waals surface area contributed by atoms with Gasteiger partial charge in [-0.15, -0.1) is 0 Å². The van der Waals surface area contributed by atoms with Gasteiger partial charge in [0.2, 0.25) is 0 Å². The fourth-order valence-electron chi connectivity index (χ4n) is 2.60. The van der Waals surface area contributed by atoms with Crippen LogP contribution in [0.3, 0.4) is 0 Å². The number of amides is 2. The highest BCUT2D eigenvalue weighted by atomic mass is 16.2. The third-order valence-corrected chi connectivity index (χ3v) is 3.50. The van der Waals surface area contributed by atoms with Crippen LogP contribution in [0.4, 0.5) is 0 Å². The predicted molar refractivity (Wildman–Crippen MR) is 58.9 cm³/mol. The molecule has 3 rings (SSSR count). The highest BCUT2D eigenvalue weighted by molar-refractivity contribution is 6.30. The van der Waals surface area contributed by atoms with Crippen molar-refractivity contribution >= 4 is 18.0 Å². The van der Waals surface area contributed by atoms with E-state index in [-0.39, 0.29) is 17.9 Å². The molecule has 82 valence electrons. The highest BCUT2D eigenvalue weighted by Crippen LogP contribution is 2.33. The van der Waals surface area contributed by atoms with Crippen LogP contribution < -0.4 is 0 Å². The van der Waals surface area contributed by atoms with Crippen molar-refractivity contribution in [3.8, 4) is 0 Å². The molecule has 0 spiro atoms. The predicted octanol–water partition coefficient (Wildman–Crippen LogP) is 0.701. The molecule has 16 heavy (non-hydrogen) atoms. The van der Waals surface area contributed by atoms with E-state index in [0.717, 1.165) is 19.1 Å². The molecule has 2 amide bonds. The first-order valence-electron chi connectivity index (χ1n) is 5.50. The van der Waals surface area contributed by atoms with Gasteiger partial charge in [-0.25, -0.2) is 4.99 Å². The zero-order valence-corrected chi connectivity index (χ0v) is 8.80. The summed E-state index contributed by atoms with van der Waals surface area (Å²) in [6.07, 6.45) is 9.03. The van der Waals surface area contributed by atoms with Crippen LogP contribution in [0, 0.1) is 5.92 Å². The van der Waals surface area contributed by atoms with Crippen LogP contribution in [-0.2, 0) is 9.59 Å². The number of rotatable bonds is 0. The Morgan fingerprint density at radius 1 is 1.38 bits per heavy atom. The monoisotopic (exact) mass is 216 g/mol. The minimum Gasteiger partial charge on any atom is -0.322 e. The fraction of sp³-hybridized carbons (Fsp3) is 0.417. The average Bonchev–Trinajstić information content (AvgIpc) is 2.32. The molecule has 2 aliphatic heterocycles. The molecule has 3 aliphatic rings. The molecule has 0 aromatic carbocycles. The van der Waals surface area contributed by atoms with Crippen LogP contribution in [0.1, 0.15) is 12.8 Å². The van der Waals surface area contributed by atoms with Crippen molar-refractivity contribution in [2.75, 3.05) is 6.54 Å². The Morgan fingerprint density at radius 3 is 3.12 bits per heavy atom. The molecule has 0 radical (unpaired) electrons. The second-order valence-corrected chi connectivity index (χ2v) is 4.42. The maximum Gasteiger partial charge on any atom is 0.268 e. The Bertz CT molecular complexity index is 448. The van der Waals surface area contributed by atoms with Crippen molar-refractivity contribution in [3.05, 3.63) is 23.8 Å². The zero-order chi connectivity index (χ0) is 11.1. The SMILES string of the molecule is O=C1N=CC(=O)N2CC3=CC=CCC3CC12. The standard InChI is InChI=1S/C12H12N2O2/c15-11-6-13-12(16)10-5-8-3-1-2-4-9(8)7-14(10)11/h1-2,4,6,8,10H,3,5,7H2. The van der Waals surface area contributed by atoms with E-state index in [4.69, 9.17) is 0 Å². The molecule has 2 atom stereocenters. The van der Waals surface area contributed by atoms with E-state index in [2.05, 4.69) is 17.1 Å². The van der Waals surface area contributed by atoms with Gasteiger partial charge < -0.3 is 4.90 Å². The lowest BCUT2D eigenvalue weighted by Crippen LogP contribution is -2.53. The quantitative estimate of drug-likeness (QED) is 0.598. The first-order chi connectivity index (χ1) is 7.75. The molecule has 1 saturated heterocycles. The zero-order valence-electron chi connectivity index (χ0n) is 8.80. The van der Waals surface area contributed by atoms with Crippen LogP contribution in [0.15, 0.2) is 28.8 Å². The number of carbonyl (C=O) groups is 2. The molecular formula is C12H12N2O2. The summed E-state index contributed by atoms with van der Waals surface area (Å²) in [6, 6.07) is -0.328. The molecule has 0 aromatic rings. The number of fused-ring (bicyclic) bond motifs is 2. The van der Waals surface area contributed by atoms with E-state index < -0.39 is 0 Å². The molecule has 1 fully saturated rings. The Kier molecular flexibility index (Phi) is 2.02. The Labute approximate surface area is 93.3 Å². The molecular weight excluding hydrogens is 204 g/mol. The summed E-state index contributed by atoms with van der Waals surface area (Å²) >= 11 is 0. The van der Waals surface area contributed by atoms with Crippen LogP contribution in [-0.4, -0.2) is 35.5 Å². The first kappa shape index (κ1) is 9.51. The number of hydrogen-bond donors (Lipinski definition) is 0. The smallest absolute Gasteiger partial charge is 0.268 e. The van der Waals surface area contributed by atoms with Gasteiger partial charge in [0.05, 0.1) is 6.21 Å². The minimum absolute atomic E-state index is 0.140. The summed E-state index contributed by atoms with van der Waals surface area (Å²) in [4.78, 5) is 28.5. The molecule has 4 heteroatoms. The van der Waals surface area contributed by atoms with E-state index in [1.165, 1.54) is 5.57 Å². The van der Waals surface area contributed by atoms with Crippen molar-refractivity contribution in [2.45, 2.75) is 18.9 Å². The normalized spacial score (nSPS) is 32.2. The molecule has 0 saturated carbocycles. The lowest BCUT2D eigenvalue weighted by Gasteiger charge is -2.40. The van der Waals surface area contributed by atoms with Crippen molar-refractivity contribution in [2.24, 2.45) is 10.9 Å². The lowest BCUT2D eigenvalue weighted by molar-refractivity contribution is -0.137. The van der Waals surface area contributed by atoms with Gasteiger partial charge >= 0.3 is 0 Å². The summed E-state index contributed by atoms with van der Waals surface area (Å²) in [7, 11) is 0. The summed E-state index contributed by atoms with van der Waals surface area (Å²) in [5.74, 6) is 0.100. The van der Waals surface area contributed by atoms with Gasteiger partial charge in [0, 0.05) is 6.54 Å². The van der Waals surface area contributed by atoms with Crippen LogP contribution >= 0.6 is 0 Å². The highest BCUT2D eigenvalue weighted by Gasteiger charge is 2.39. The van der Waals surface area contributed by atoms with Gasteiger partial charge in [-0.2, -0.15) is 0 Å². The van der Waals surface area contributed by atoms with Gasteiger partial charge in [0.15, 0.2) is 0 Å². The number of nitrogens with zero attached hydrogens (tertiary/aromatic N) is 2. The van der Waals surface area contributed by atoms with E-state index in [0.29, 0.717) is 12.5 Å². The lowest BCUT2D eigenvalue weighted by atomic mass is 9.81. The maximum absolute atomic E-state index is 11.6. The summed E-state index contributed by atoms with van der Waals surface area (Å²) < 4.78 is 0. The average molecular weight is 216 g/mol. The second-order valence-electron chi connectivity index (χ2n) is 4.42. The number of allylic oxidation sites excluding steroid dienone is 3. The van der Waals surface area contributed by atoms with E-state index in [1.54, 1.807) is 4.90 Å². The van der Waals surface area contributed by atoms with E-state index >= 15 is 0 Å². The molecule has 4 nitrogen and oxygen atoms in total. The molecule has 0 aromatic heterocycles. The third-order valence-electron chi connectivity index (χ3n) is 3.50. The summed E-state index contributed by atoms with van der Waals surface area (Å²) in [5, 5.41) is 0. The number of piperidine rings is 1. The fourth-order valence-corrected chi connectivity index (χ4v) is 2.60. The van der Waals surface area contributed by atoms with Crippen molar-refractivity contribution in [1.82, 2.24) is 4.90 Å². The van der Waals surface area contributed by atoms with Gasteiger partial charge in [0.1, 0.15) is 6.04 Å². The Balaban J connectivity index is 1.94. The molecule has 0 N–H and O–H groups in total. The number of carbonyl (C=O) groups excluding carboxylic acids is 2. The van der Waals surface area contributed by atoms with Gasteiger partial charge in [-0.3, -0.25) is 9.59 Å². The van der Waals surface area contributed by atoms with Crippen molar-refractivity contribution in [3.63, 3.8) is 0 Å². The van der Waals surface area contributed by atoms with E-state index in [1.807, 2.05) is 6.08 Å². The van der Waals surface area contributed by atoms with Crippen LogP contribution in [0.5, 0.6) is 0 Å².